The van der Waals surface area contributed by atoms with E-state index in [2.05, 4.69) is 4.72 Å². The fourth-order valence-electron chi connectivity index (χ4n) is 4.12. The molecule has 4 rings (SSSR count). The van der Waals surface area contributed by atoms with Crippen molar-refractivity contribution in [3.05, 3.63) is 77.9 Å². The van der Waals surface area contributed by atoms with Crippen LogP contribution in [0.15, 0.2) is 71.6 Å². The normalized spacial score (nSPS) is 16.6. The first kappa shape index (κ1) is 22.5. The number of hydrogen-bond acceptors (Lipinski definition) is 4. The molecular weight excluding hydrogens is 424 g/mol. The Labute approximate surface area is 189 Å². The molecule has 3 aromatic rings. The van der Waals surface area contributed by atoms with Crippen LogP contribution in [0.25, 0.3) is 10.8 Å². The van der Waals surface area contributed by atoms with Crippen LogP contribution < -0.4 is 4.72 Å². The summed E-state index contributed by atoms with van der Waals surface area (Å²) in [4.78, 5) is 15.3. The second-order valence-electron chi connectivity index (χ2n) is 8.21. The van der Waals surface area contributed by atoms with Gasteiger partial charge in [0.2, 0.25) is 15.9 Å². The summed E-state index contributed by atoms with van der Waals surface area (Å²) in [6.45, 7) is 5.71. The number of carbonyl (C=O) groups excluding carboxylic acids is 1. The van der Waals surface area contributed by atoms with Crippen molar-refractivity contribution in [1.29, 1.82) is 0 Å². The predicted octanol–water partition coefficient (Wildman–Crippen LogP) is 3.66. The van der Waals surface area contributed by atoms with Crippen LogP contribution in [0.1, 0.15) is 24.1 Å². The molecule has 6 nitrogen and oxygen atoms in total. The lowest BCUT2D eigenvalue weighted by atomic mass is 9.90. The summed E-state index contributed by atoms with van der Waals surface area (Å²) in [5.41, 5.74) is 1.76. The van der Waals surface area contributed by atoms with Crippen LogP contribution in [0.3, 0.4) is 0 Å². The average Bonchev–Trinajstić information content (AvgIpc) is 2.82. The van der Waals surface area contributed by atoms with Crippen molar-refractivity contribution in [2.75, 3.05) is 26.3 Å². The first-order valence-electron chi connectivity index (χ1n) is 10.8. The van der Waals surface area contributed by atoms with Gasteiger partial charge in [0.1, 0.15) is 0 Å². The van der Waals surface area contributed by atoms with Crippen molar-refractivity contribution >= 4 is 26.7 Å². The molecule has 3 aromatic carbocycles. The highest BCUT2D eigenvalue weighted by atomic mass is 32.2. The molecule has 0 aromatic heterocycles. The molecule has 1 heterocycles. The van der Waals surface area contributed by atoms with Gasteiger partial charge in [0.15, 0.2) is 0 Å². The first-order valence-corrected chi connectivity index (χ1v) is 12.3. The number of aryl methyl sites for hydroxylation is 1. The maximum absolute atomic E-state index is 13.4. The molecular formula is C25H28N2O4S. The van der Waals surface area contributed by atoms with E-state index < -0.39 is 22.0 Å². The highest BCUT2D eigenvalue weighted by Gasteiger charge is 2.34. The summed E-state index contributed by atoms with van der Waals surface area (Å²) in [6.07, 6.45) is 0. The third-order valence-electron chi connectivity index (χ3n) is 5.98. The number of benzene rings is 3. The zero-order valence-electron chi connectivity index (χ0n) is 18.3. The quantitative estimate of drug-likeness (QED) is 0.619. The summed E-state index contributed by atoms with van der Waals surface area (Å²) in [5, 5.41) is 1.92. The Bertz CT molecular complexity index is 1200. The largest absolute Gasteiger partial charge is 0.378 e. The van der Waals surface area contributed by atoms with E-state index in [0.29, 0.717) is 26.3 Å². The Morgan fingerprint density at radius 2 is 1.62 bits per heavy atom. The number of morpholine rings is 1. The van der Waals surface area contributed by atoms with E-state index >= 15 is 0 Å². The Morgan fingerprint density at radius 1 is 0.969 bits per heavy atom. The van der Waals surface area contributed by atoms with Gasteiger partial charge in [-0.25, -0.2) is 13.1 Å². The molecule has 1 N–H and O–H groups in total. The number of fused-ring (bicyclic) bond motifs is 1. The molecule has 1 aliphatic rings. The van der Waals surface area contributed by atoms with Crippen molar-refractivity contribution in [3.63, 3.8) is 0 Å². The number of rotatable bonds is 6. The van der Waals surface area contributed by atoms with Gasteiger partial charge in [0, 0.05) is 13.1 Å². The van der Waals surface area contributed by atoms with Crippen molar-refractivity contribution in [2.45, 2.75) is 24.8 Å². The Morgan fingerprint density at radius 3 is 2.34 bits per heavy atom. The fraction of sp³-hybridized carbons (Fsp3) is 0.320. The van der Waals surface area contributed by atoms with Crippen LogP contribution in [0, 0.1) is 12.8 Å². The lowest BCUT2D eigenvalue weighted by molar-refractivity contribution is -0.139. The van der Waals surface area contributed by atoms with Gasteiger partial charge in [-0.05, 0) is 35.4 Å². The van der Waals surface area contributed by atoms with Gasteiger partial charge in [-0.3, -0.25) is 4.79 Å². The highest BCUT2D eigenvalue weighted by Crippen LogP contribution is 2.32. The monoisotopic (exact) mass is 452 g/mol. The molecule has 0 radical (unpaired) electrons. The van der Waals surface area contributed by atoms with Gasteiger partial charge in [-0.2, -0.15) is 0 Å². The van der Waals surface area contributed by atoms with Gasteiger partial charge in [0.05, 0.1) is 30.1 Å². The molecule has 0 unspecified atom stereocenters. The Hall–Kier alpha value is -2.74. The van der Waals surface area contributed by atoms with Gasteiger partial charge < -0.3 is 9.64 Å². The standard InChI is InChI=1S/C25H28N2O4S/c1-18-10-12-21(13-11-18)32(29,30)26-24(19(2)25(28)27-14-16-31-17-15-27)23-9-5-7-20-6-3-4-8-22(20)23/h3-13,19,24,26H,14-17H2,1-2H3/t19-,24-/m1/s1. The molecule has 32 heavy (non-hydrogen) atoms. The maximum atomic E-state index is 13.4. The zero-order chi connectivity index (χ0) is 22.7. The topological polar surface area (TPSA) is 75.7 Å². The smallest absolute Gasteiger partial charge is 0.241 e. The molecule has 1 fully saturated rings. The summed E-state index contributed by atoms with van der Waals surface area (Å²) in [7, 11) is -3.85. The Kier molecular flexibility index (Phi) is 6.60. The van der Waals surface area contributed by atoms with Gasteiger partial charge >= 0.3 is 0 Å². The number of carbonyl (C=O) groups is 1. The molecule has 2 atom stereocenters. The van der Waals surface area contributed by atoms with E-state index in [1.54, 1.807) is 36.1 Å². The minimum atomic E-state index is -3.85. The van der Waals surface area contributed by atoms with Gasteiger partial charge in [-0.1, -0.05) is 67.1 Å². The Balaban J connectivity index is 1.75. The van der Waals surface area contributed by atoms with Crippen LogP contribution in [-0.2, 0) is 19.6 Å². The van der Waals surface area contributed by atoms with Gasteiger partial charge in [-0.15, -0.1) is 0 Å². The van der Waals surface area contributed by atoms with E-state index in [1.807, 2.05) is 49.4 Å². The number of ether oxygens (including phenoxy) is 1. The van der Waals surface area contributed by atoms with E-state index in [-0.39, 0.29) is 10.8 Å². The number of amides is 1. The first-order chi connectivity index (χ1) is 15.4. The predicted molar refractivity (Wildman–Crippen MR) is 125 cm³/mol. The fourth-order valence-corrected chi connectivity index (χ4v) is 5.42. The second kappa shape index (κ2) is 9.40. The molecule has 1 saturated heterocycles. The molecule has 7 heteroatoms. The molecule has 1 amide bonds. The lowest BCUT2D eigenvalue weighted by Crippen LogP contribution is -2.46. The summed E-state index contributed by atoms with van der Waals surface area (Å²) < 4.78 is 34.8. The third kappa shape index (κ3) is 4.70. The molecule has 168 valence electrons. The molecule has 0 bridgehead atoms. The van der Waals surface area contributed by atoms with Crippen LogP contribution in [0.5, 0.6) is 0 Å². The second-order valence-corrected chi connectivity index (χ2v) is 9.92. The van der Waals surface area contributed by atoms with E-state index in [9.17, 15) is 13.2 Å². The van der Waals surface area contributed by atoms with E-state index in [4.69, 9.17) is 4.74 Å². The maximum Gasteiger partial charge on any atom is 0.241 e. The third-order valence-corrected chi connectivity index (χ3v) is 7.44. The van der Waals surface area contributed by atoms with Gasteiger partial charge in [0.25, 0.3) is 0 Å². The summed E-state index contributed by atoms with van der Waals surface area (Å²) >= 11 is 0. The van der Waals surface area contributed by atoms with Crippen molar-refractivity contribution in [1.82, 2.24) is 9.62 Å². The van der Waals surface area contributed by atoms with Crippen molar-refractivity contribution in [3.8, 4) is 0 Å². The lowest BCUT2D eigenvalue weighted by Gasteiger charge is -2.33. The zero-order valence-corrected chi connectivity index (χ0v) is 19.1. The van der Waals surface area contributed by atoms with Crippen LogP contribution in [0.4, 0.5) is 0 Å². The van der Waals surface area contributed by atoms with Crippen LogP contribution in [0.2, 0.25) is 0 Å². The number of sulfonamides is 1. The molecule has 0 aliphatic carbocycles. The van der Waals surface area contributed by atoms with Crippen molar-refractivity contribution in [2.24, 2.45) is 5.92 Å². The average molecular weight is 453 g/mol. The molecule has 0 spiro atoms. The number of nitrogens with one attached hydrogen (secondary N) is 1. The van der Waals surface area contributed by atoms with E-state index in [0.717, 1.165) is 21.9 Å². The van der Waals surface area contributed by atoms with E-state index in [1.165, 1.54) is 0 Å². The molecule has 1 aliphatic heterocycles. The SMILES string of the molecule is Cc1ccc(S(=O)(=O)N[C@@H](c2cccc3ccccc23)[C@@H](C)C(=O)N2CCOCC2)cc1. The molecule has 0 saturated carbocycles. The van der Waals surface area contributed by atoms with Crippen LogP contribution in [-0.4, -0.2) is 45.5 Å². The number of nitrogens with zero attached hydrogens (tertiary/aromatic N) is 1. The minimum absolute atomic E-state index is 0.0853. The number of hydrogen-bond donors (Lipinski definition) is 1. The van der Waals surface area contributed by atoms with Crippen LogP contribution >= 0.6 is 0 Å². The summed E-state index contributed by atoms with van der Waals surface area (Å²) in [6, 6.07) is 19.6. The highest BCUT2D eigenvalue weighted by molar-refractivity contribution is 7.89. The minimum Gasteiger partial charge on any atom is -0.378 e. The van der Waals surface area contributed by atoms with Crippen molar-refractivity contribution < 1.29 is 17.9 Å². The summed E-state index contributed by atoms with van der Waals surface area (Å²) in [5.74, 6) is -0.683.